The summed E-state index contributed by atoms with van der Waals surface area (Å²) < 4.78 is 0. The van der Waals surface area contributed by atoms with E-state index in [0.29, 0.717) is 6.54 Å². The first-order valence-corrected chi connectivity index (χ1v) is 6.83. The Kier molecular flexibility index (Phi) is 4.10. The fourth-order valence-electron chi connectivity index (χ4n) is 2.79. The zero-order valence-electron chi connectivity index (χ0n) is 12.0. The number of likely N-dealkylation sites (N-methyl/N-ethyl adjacent to an activating group) is 1. The van der Waals surface area contributed by atoms with E-state index in [-0.39, 0.29) is 11.9 Å². The van der Waals surface area contributed by atoms with Crippen LogP contribution < -0.4 is 10.6 Å². The van der Waals surface area contributed by atoms with Crippen LogP contribution >= 0.6 is 0 Å². The van der Waals surface area contributed by atoms with Crippen molar-refractivity contribution < 1.29 is 4.79 Å². The van der Waals surface area contributed by atoms with Crippen molar-refractivity contribution in [3.05, 3.63) is 29.3 Å². The van der Waals surface area contributed by atoms with E-state index in [0.717, 1.165) is 25.2 Å². The molecule has 2 N–H and O–H groups in total. The first-order chi connectivity index (χ1) is 9.02. The van der Waals surface area contributed by atoms with Gasteiger partial charge in [-0.2, -0.15) is 0 Å². The van der Waals surface area contributed by atoms with Crippen LogP contribution in [0.15, 0.2) is 18.2 Å². The number of rotatable bonds is 2. The maximum absolute atomic E-state index is 12.3. The maximum Gasteiger partial charge on any atom is 0.246 e. The van der Waals surface area contributed by atoms with Crippen molar-refractivity contribution >= 4 is 11.6 Å². The fraction of sp³-hybridized carbons (Fsp3) is 0.533. The molecule has 1 heterocycles. The number of hydrogen-bond donors (Lipinski definition) is 1. The Morgan fingerprint density at radius 1 is 1.21 bits per heavy atom. The molecule has 1 aliphatic heterocycles. The molecular weight excluding hydrogens is 238 g/mol. The van der Waals surface area contributed by atoms with Crippen molar-refractivity contribution in [3.8, 4) is 0 Å². The van der Waals surface area contributed by atoms with Gasteiger partial charge in [-0.05, 0) is 43.5 Å². The van der Waals surface area contributed by atoms with Gasteiger partial charge in [-0.1, -0.05) is 6.07 Å². The molecule has 0 bridgehead atoms. The second-order valence-corrected chi connectivity index (χ2v) is 5.40. The second kappa shape index (κ2) is 5.61. The molecule has 0 radical (unpaired) electrons. The monoisotopic (exact) mass is 261 g/mol. The molecule has 1 saturated heterocycles. The molecule has 19 heavy (non-hydrogen) atoms. The molecule has 0 aromatic heterocycles. The van der Waals surface area contributed by atoms with Gasteiger partial charge in [-0.3, -0.25) is 4.79 Å². The summed E-state index contributed by atoms with van der Waals surface area (Å²) in [4.78, 5) is 16.3. The zero-order valence-corrected chi connectivity index (χ0v) is 12.0. The van der Waals surface area contributed by atoms with Crippen molar-refractivity contribution in [1.82, 2.24) is 4.90 Å². The lowest BCUT2D eigenvalue weighted by Crippen LogP contribution is -2.49. The summed E-state index contributed by atoms with van der Waals surface area (Å²) in [6.45, 7) is 6.20. The molecule has 2 rings (SSSR count). The first-order valence-electron chi connectivity index (χ1n) is 6.83. The number of carbonyl (C=O) groups is 1. The summed E-state index contributed by atoms with van der Waals surface area (Å²) in [5.74, 6) is 0.124. The van der Waals surface area contributed by atoms with Gasteiger partial charge in [0.2, 0.25) is 5.91 Å². The SMILES string of the molecule is Cc1cc(C)cc(N2CCCN(C)C(=O)C2CN)c1. The van der Waals surface area contributed by atoms with E-state index in [2.05, 4.69) is 36.9 Å². The minimum atomic E-state index is -0.242. The summed E-state index contributed by atoms with van der Waals surface area (Å²) in [5, 5.41) is 0. The molecule has 1 aliphatic rings. The third kappa shape index (κ3) is 2.89. The Bertz CT molecular complexity index is 452. The van der Waals surface area contributed by atoms with Crippen LogP contribution in [-0.2, 0) is 4.79 Å². The topological polar surface area (TPSA) is 49.6 Å². The normalized spacial score (nSPS) is 20.6. The Morgan fingerprint density at radius 2 is 1.84 bits per heavy atom. The lowest BCUT2D eigenvalue weighted by molar-refractivity contribution is -0.130. The van der Waals surface area contributed by atoms with Crippen molar-refractivity contribution in [2.24, 2.45) is 5.73 Å². The van der Waals surface area contributed by atoms with Crippen molar-refractivity contribution in [2.75, 3.05) is 31.6 Å². The van der Waals surface area contributed by atoms with Gasteiger partial charge in [-0.25, -0.2) is 0 Å². The number of carbonyl (C=O) groups excluding carboxylic acids is 1. The number of amides is 1. The van der Waals surface area contributed by atoms with E-state index in [9.17, 15) is 4.79 Å². The van der Waals surface area contributed by atoms with Gasteiger partial charge in [-0.15, -0.1) is 0 Å². The van der Waals surface area contributed by atoms with Crippen LogP contribution in [0.25, 0.3) is 0 Å². The highest BCUT2D eigenvalue weighted by Gasteiger charge is 2.30. The molecule has 0 aliphatic carbocycles. The number of aryl methyl sites for hydroxylation is 2. The quantitative estimate of drug-likeness (QED) is 0.873. The Morgan fingerprint density at radius 3 is 2.42 bits per heavy atom. The minimum Gasteiger partial charge on any atom is -0.358 e. The summed E-state index contributed by atoms with van der Waals surface area (Å²) in [6, 6.07) is 6.17. The number of hydrogen-bond acceptors (Lipinski definition) is 3. The van der Waals surface area contributed by atoms with E-state index in [4.69, 9.17) is 5.73 Å². The molecule has 1 atom stereocenters. The smallest absolute Gasteiger partial charge is 0.246 e. The lowest BCUT2D eigenvalue weighted by atomic mass is 10.1. The standard InChI is InChI=1S/C15H23N3O/c1-11-7-12(2)9-13(8-11)18-6-4-5-17(3)15(19)14(18)10-16/h7-9,14H,4-6,10,16H2,1-3H3. The molecule has 4 heteroatoms. The highest BCUT2D eigenvalue weighted by Crippen LogP contribution is 2.23. The number of benzene rings is 1. The second-order valence-electron chi connectivity index (χ2n) is 5.40. The molecule has 0 saturated carbocycles. The molecule has 1 amide bonds. The van der Waals surface area contributed by atoms with E-state index in [1.54, 1.807) is 4.90 Å². The lowest BCUT2D eigenvalue weighted by Gasteiger charge is -2.31. The highest BCUT2D eigenvalue weighted by atomic mass is 16.2. The summed E-state index contributed by atoms with van der Waals surface area (Å²) >= 11 is 0. The first kappa shape index (κ1) is 13.9. The van der Waals surface area contributed by atoms with E-state index < -0.39 is 0 Å². The summed E-state index contributed by atoms with van der Waals surface area (Å²) in [7, 11) is 1.86. The molecular formula is C15H23N3O. The molecule has 104 valence electrons. The van der Waals surface area contributed by atoms with Crippen molar-refractivity contribution in [3.63, 3.8) is 0 Å². The van der Waals surface area contributed by atoms with Crippen LogP contribution in [0.4, 0.5) is 5.69 Å². The molecule has 1 fully saturated rings. The van der Waals surface area contributed by atoms with Crippen molar-refractivity contribution in [2.45, 2.75) is 26.3 Å². The van der Waals surface area contributed by atoms with Gasteiger partial charge in [0, 0.05) is 32.4 Å². The van der Waals surface area contributed by atoms with E-state index >= 15 is 0 Å². The third-order valence-corrected chi connectivity index (χ3v) is 3.69. The fourth-order valence-corrected chi connectivity index (χ4v) is 2.79. The molecule has 1 unspecified atom stereocenters. The average Bonchev–Trinajstić information content (AvgIpc) is 2.48. The number of anilines is 1. The van der Waals surface area contributed by atoms with Gasteiger partial charge in [0.15, 0.2) is 0 Å². The van der Waals surface area contributed by atoms with Crippen LogP contribution in [0.5, 0.6) is 0 Å². The van der Waals surface area contributed by atoms with E-state index in [1.807, 2.05) is 7.05 Å². The average molecular weight is 261 g/mol. The van der Waals surface area contributed by atoms with Crippen LogP contribution in [0.1, 0.15) is 17.5 Å². The predicted octanol–water partition coefficient (Wildman–Crippen LogP) is 1.30. The summed E-state index contributed by atoms with van der Waals surface area (Å²) in [5.41, 5.74) is 9.38. The zero-order chi connectivity index (χ0) is 14.0. The van der Waals surface area contributed by atoms with Gasteiger partial charge in [0.1, 0.15) is 6.04 Å². The maximum atomic E-state index is 12.3. The molecule has 1 aromatic rings. The number of nitrogens with zero attached hydrogens (tertiary/aromatic N) is 2. The molecule has 1 aromatic carbocycles. The van der Waals surface area contributed by atoms with Gasteiger partial charge < -0.3 is 15.5 Å². The molecule has 4 nitrogen and oxygen atoms in total. The minimum absolute atomic E-state index is 0.124. The largest absolute Gasteiger partial charge is 0.358 e. The third-order valence-electron chi connectivity index (χ3n) is 3.69. The van der Waals surface area contributed by atoms with Crippen LogP contribution in [0.3, 0.4) is 0 Å². The van der Waals surface area contributed by atoms with Crippen LogP contribution in [-0.4, -0.2) is 43.5 Å². The van der Waals surface area contributed by atoms with Crippen LogP contribution in [0.2, 0.25) is 0 Å². The number of nitrogens with two attached hydrogens (primary N) is 1. The highest BCUT2D eigenvalue weighted by molar-refractivity contribution is 5.86. The van der Waals surface area contributed by atoms with Gasteiger partial charge in [0.05, 0.1) is 0 Å². The van der Waals surface area contributed by atoms with E-state index in [1.165, 1.54) is 11.1 Å². The Labute approximate surface area is 115 Å². The Hall–Kier alpha value is -1.55. The molecule has 0 spiro atoms. The van der Waals surface area contributed by atoms with Crippen molar-refractivity contribution in [1.29, 1.82) is 0 Å². The van der Waals surface area contributed by atoms with Crippen LogP contribution in [0, 0.1) is 13.8 Å². The predicted molar refractivity (Wildman–Crippen MR) is 78.4 cm³/mol. The van der Waals surface area contributed by atoms with Gasteiger partial charge >= 0.3 is 0 Å². The summed E-state index contributed by atoms with van der Waals surface area (Å²) in [6.07, 6.45) is 0.978. The Balaban J connectivity index is 2.37. The van der Waals surface area contributed by atoms with Gasteiger partial charge in [0.25, 0.3) is 0 Å².